The van der Waals surface area contributed by atoms with Gasteiger partial charge in [-0.1, -0.05) is 20.3 Å². The van der Waals surface area contributed by atoms with Crippen LogP contribution in [-0.4, -0.2) is 54.9 Å². The number of nitrogens with zero attached hydrogens (tertiary/aromatic N) is 1. The summed E-state index contributed by atoms with van der Waals surface area (Å²) >= 11 is 0. The second-order valence-corrected chi connectivity index (χ2v) is 5.54. The molecule has 0 spiro atoms. The molecule has 1 rings (SSSR count). The van der Waals surface area contributed by atoms with Gasteiger partial charge in [0.15, 0.2) is 0 Å². The largest absolute Gasteiger partial charge is 0.480 e. The summed E-state index contributed by atoms with van der Waals surface area (Å²) in [5, 5.41) is 11.8. The van der Waals surface area contributed by atoms with Crippen molar-refractivity contribution in [1.82, 2.24) is 10.2 Å². The van der Waals surface area contributed by atoms with Crippen molar-refractivity contribution in [1.29, 1.82) is 0 Å². The predicted octanol–water partition coefficient (Wildman–Crippen LogP) is 1.55. The molecule has 6 nitrogen and oxygen atoms in total. The first-order chi connectivity index (χ1) is 9.49. The fourth-order valence-electron chi connectivity index (χ4n) is 2.45. The van der Waals surface area contributed by atoms with Crippen LogP contribution >= 0.6 is 0 Å². The number of nitrogens with one attached hydrogen (secondary N) is 1. The van der Waals surface area contributed by atoms with Gasteiger partial charge in [-0.25, -0.2) is 9.59 Å². The van der Waals surface area contributed by atoms with E-state index in [9.17, 15) is 14.7 Å². The number of carboxylic acids is 1. The van der Waals surface area contributed by atoms with Gasteiger partial charge in [0.2, 0.25) is 0 Å². The van der Waals surface area contributed by atoms with E-state index in [4.69, 9.17) is 4.74 Å². The Morgan fingerprint density at radius 3 is 2.45 bits per heavy atom. The lowest BCUT2D eigenvalue weighted by Gasteiger charge is -2.33. The lowest BCUT2D eigenvalue weighted by molar-refractivity contribution is -0.140. The van der Waals surface area contributed by atoms with Gasteiger partial charge in [0.25, 0.3) is 0 Å². The minimum Gasteiger partial charge on any atom is -0.480 e. The first kappa shape index (κ1) is 16.8. The number of ether oxygens (including phenoxy) is 1. The maximum absolute atomic E-state index is 12.1. The highest BCUT2D eigenvalue weighted by atomic mass is 16.5. The van der Waals surface area contributed by atoms with Gasteiger partial charge in [-0.15, -0.1) is 0 Å². The molecule has 1 heterocycles. The smallest absolute Gasteiger partial charge is 0.326 e. The van der Waals surface area contributed by atoms with Crippen LogP contribution in [0.2, 0.25) is 0 Å². The van der Waals surface area contributed by atoms with Crippen molar-refractivity contribution >= 4 is 12.0 Å². The Bertz CT molecular complexity index is 327. The van der Waals surface area contributed by atoms with Crippen molar-refractivity contribution in [2.24, 2.45) is 11.8 Å². The molecule has 0 bridgehead atoms. The van der Waals surface area contributed by atoms with Gasteiger partial charge in [0.05, 0.1) is 0 Å². The summed E-state index contributed by atoms with van der Waals surface area (Å²) < 4.78 is 5.12. The zero-order chi connectivity index (χ0) is 15.1. The molecule has 116 valence electrons. The number of carbonyl (C=O) groups is 2. The molecule has 1 fully saturated rings. The summed E-state index contributed by atoms with van der Waals surface area (Å²) in [6.45, 7) is 5.80. The second-order valence-electron chi connectivity index (χ2n) is 5.54. The molecule has 20 heavy (non-hydrogen) atoms. The van der Waals surface area contributed by atoms with E-state index < -0.39 is 12.0 Å². The van der Waals surface area contributed by atoms with Crippen LogP contribution in [0.4, 0.5) is 4.79 Å². The average Bonchev–Trinajstić information content (AvgIpc) is 2.44. The molecule has 2 N–H and O–H groups in total. The topological polar surface area (TPSA) is 78.9 Å². The minimum atomic E-state index is -0.970. The molecule has 6 heteroatoms. The van der Waals surface area contributed by atoms with Gasteiger partial charge in [-0.2, -0.15) is 0 Å². The molecule has 1 aliphatic rings. The number of piperidine rings is 1. The fourth-order valence-corrected chi connectivity index (χ4v) is 2.45. The SMILES string of the molecule is CCC(C)C(NC(=O)N1CCC(COC)CC1)C(=O)O. The molecule has 2 unspecified atom stereocenters. The standard InChI is InChI=1S/C14H26N2O4/c1-4-10(2)12(13(17)18)15-14(19)16-7-5-11(6-8-16)9-20-3/h10-12H,4-9H2,1-3H3,(H,15,19)(H,17,18). The molecular weight excluding hydrogens is 260 g/mol. The van der Waals surface area contributed by atoms with Crippen molar-refractivity contribution in [3.63, 3.8) is 0 Å². The fraction of sp³-hybridized carbons (Fsp3) is 0.857. The first-order valence-electron chi connectivity index (χ1n) is 7.26. The van der Waals surface area contributed by atoms with Crippen molar-refractivity contribution in [3.05, 3.63) is 0 Å². The van der Waals surface area contributed by atoms with Crippen LogP contribution < -0.4 is 5.32 Å². The molecule has 0 aromatic heterocycles. The number of carboxylic acid groups (broad SMARTS) is 1. The van der Waals surface area contributed by atoms with Crippen LogP contribution in [0, 0.1) is 11.8 Å². The number of hydrogen-bond donors (Lipinski definition) is 2. The Morgan fingerprint density at radius 1 is 1.40 bits per heavy atom. The van der Waals surface area contributed by atoms with Crippen molar-refractivity contribution < 1.29 is 19.4 Å². The predicted molar refractivity (Wildman–Crippen MR) is 75.6 cm³/mol. The summed E-state index contributed by atoms with van der Waals surface area (Å²) in [4.78, 5) is 25.0. The lowest BCUT2D eigenvalue weighted by Crippen LogP contribution is -2.52. The average molecular weight is 286 g/mol. The van der Waals surface area contributed by atoms with E-state index in [1.54, 1.807) is 12.0 Å². The highest BCUT2D eigenvalue weighted by Crippen LogP contribution is 2.18. The summed E-state index contributed by atoms with van der Waals surface area (Å²) in [5.74, 6) is -0.557. The third-order valence-corrected chi connectivity index (χ3v) is 4.06. The van der Waals surface area contributed by atoms with Gasteiger partial charge in [0, 0.05) is 26.8 Å². The monoisotopic (exact) mass is 286 g/mol. The summed E-state index contributed by atoms with van der Waals surface area (Å²) in [6, 6.07) is -1.09. The first-order valence-corrected chi connectivity index (χ1v) is 7.26. The van der Waals surface area contributed by atoms with Crippen molar-refractivity contribution in [2.45, 2.75) is 39.2 Å². The Balaban J connectivity index is 2.48. The molecule has 2 atom stereocenters. The van der Waals surface area contributed by atoms with Crippen LogP contribution in [0.5, 0.6) is 0 Å². The van der Waals surface area contributed by atoms with Gasteiger partial charge in [-0.05, 0) is 24.7 Å². The Hall–Kier alpha value is -1.30. The molecular formula is C14H26N2O4. The van der Waals surface area contributed by atoms with E-state index in [0.29, 0.717) is 25.4 Å². The third-order valence-electron chi connectivity index (χ3n) is 4.06. The van der Waals surface area contributed by atoms with E-state index >= 15 is 0 Å². The number of methoxy groups -OCH3 is 1. The van der Waals surface area contributed by atoms with Gasteiger partial charge in [0.1, 0.15) is 6.04 Å². The van der Waals surface area contributed by atoms with Crippen molar-refractivity contribution in [3.8, 4) is 0 Å². The number of urea groups is 1. The van der Waals surface area contributed by atoms with Crippen LogP contribution in [0.15, 0.2) is 0 Å². The number of carbonyl (C=O) groups excluding carboxylic acids is 1. The van der Waals surface area contributed by atoms with Gasteiger partial charge < -0.3 is 20.1 Å². The maximum Gasteiger partial charge on any atom is 0.326 e. The normalized spacial score (nSPS) is 19.4. The van der Waals surface area contributed by atoms with Crippen LogP contribution in [-0.2, 0) is 9.53 Å². The Labute approximate surface area is 120 Å². The van der Waals surface area contributed by atoms with Crippen LogP contribution in [0.3, 0.4) is 0 Å². The van der Waals surface area contributed by atoms with E-state index in [2.05, 4.69) is 5.32 Å². The molecule has 2 amide bonds. The summed E-state index contributed by atoms with van der Waals surface area (Å²) in [5.41, 5.74) is 0. The van der Waals surface area contributed by atoms with E-state index in [1.165, 1.54) is 0 Å². The Morgan fingerprint density at radius 2 is 2.00 bits per heavy atom. The summed E-state index contributed by atoms with van der Waals surface area (Å²) in [6.07, 6.45) is 2.53. The number of hydrogen-bond acceptors (Lipinski definition) is 3. The van der Waals surface area contributed by atoms with Gasteiger partial charge >= 0.3 is 12.0 Å². The quantitative estimate of drug-likeness (QED) is 0.776. The van der Waals surface area contributed by atoms with E-state index in [-0.39, 0.29) is 11.9 Å². The highest BCUT2D eigenvalue weighted by Gasteiger charge is 2.29. The zero-order valence-corrected chi connectivity index (χ0v) is 12.6. The maximum atomic E-state index is 12.1. The van der Waals surface area contributed by atoms with Crippen LogP contribution in [0.1, 0.15) is 33.1 Å². The third kappa shape index (κ3) is 4.67. The Kier molecular flexibility index (Phi) is 6.78. The number of rotatable bonds is 6. The molecule has 0 aromatic rings. The molecule has 0 saturated carbocycles. The zero-order valence-electron chi connectivity index (χ0n) is 12.6. The molecule has 1 aliphatic heterocycles. The number of amides is 2. The van der Waals surface area contributed by atoms with E-state index in [1.807, 2.05) is 13.8 Å². The number of aliphatic carboxylic acids is 1. The van der Waals surface area contributed by atoms with E-state index in [0.717, 1.165) is 19.4 Å². The number of likely N-dealkylation sites (tertiary alicyclic amines) is 1. The lowest BCUT2D eigenvalue weighted by atomic mass is 9.97. The summed E-state index contributed by atoms with van der Waals surface area (Å²) in [7, 11) is 1.68. The molecule has 1 saturated heterocycles. The minimum absolute atomic E-state index is 0.0810. The van der Waals surface area contributed by atoms with Crippen molar-refractivity contribution in [2.75, 3.05) is 26.8 Å². The second kappa shape index (κ2) is 8.09. The van der Waals surface area contributed by atoms with Crippen LogP contribution in [0.25, 0.3) is 0 Å². The molecule has 0 aromatic carbocycles. The molecule has 0 aliphatic carbocycles. The van der Waals surface area contributed by atoms with Gasteiger partial charge in [-0.3, -0.25) is 0 Å². The highest BCUT2D eigenvalue weighted by molar-refractivity contribution is 5.82. The molecule has 0 radical (unpaired) electrons.